The third-order valence-electron chi connectivity index (χ3n) is 4.52. The highest BCUT2D eigenvalue weighted by Gasteiger charge is 2.30. The molecule has 0 saturated heterocycles. The van der Waals surface area contributed by atoms with Gasteiger partial charge in [-0.15, -0.1) is 0 Å². The highest BCUT2D eigenvalue weighted by Crippen LogP contribution is 2.35. The number of hydrogen-bond donors (Lipinski definition) is 2. The number of rotatable bonds is 5. The molecular weight excluding hydrogens is 457 g/mol. The third-order valence-corrected chi connectivity index (χ3v) is 5.46. The summed E-state index contributed by atoms with van der Waals surface area (Å²) in [5, 5.41) is 12.7. The number of carbonyl (C=O) groups excluding carboxylic acids is 1. The number of aliphatic hydroxyl groups is 1. The lowest BCUT2D eigenvalue weighted by molar-refractivity contribution is -0.137. The van der Waals surface area contributed by atoms with Crippen molar-refractivity contribution >= 4 is 32.6 Å². The Morgan fingerprint density at radius 3 is 2.48 bits per heavy atom. The van der Waals surface area contributed by atoms with Gasteiger partial charge in [0.1, 0.15) is 17.4 Å². The Morgan fingerprint density at radius 1 is 1.09 bits per heavy atom. The van der Waals surface area contributed by atoms with E-state index < -0.39 is 23.2 Å². The van der Waals surface area contributed by atoms with Crippen LogP contribution in [0.5, 0.6) is 11.6 Å². The third kappa shape index (κ3) is 5.10. The van der Waals surface area contributed by atoms with E-state index in [0.717, 1.165) is 16.8 Å². The van der Waals surface area contributed by atoms with Gasteiger partial charge in [-0.1, -0.05) is 29.5 Å². The zero-order valence-electron chi connectivity index (χ0n) is 17.3. The zero-order chi connectivity index (χ0) is 23.8. The summed E-state index contributed by atoms with van der Waals surface area (Å²) in [7, 11) is 0. The number of nitrogens with zero attached hydrogens (tertiary/aromatic N) is 3. The van der Waals surface area contributed by atoms with Crippen molar-refractivity contribution in [3.8, 4) is 22.9 Å². The number of ether oxygens (including phenoxy) is 1. The van der Waals surface area contributed by atoms with Gasteiger partial charge in [0.25, 0.3) is 5.91 Å². The first kappa shape index (κ1) is 22.6. The van der Waals surface area contributed by atoms with E-state index in [0.29, 0.717) is 27.7 Å². The Morgan fingerprint density at radius 2 is 1.82 bits per heavy atom. The minimum absolute atomic E-state index is 0.169. The van der Waals surface area contributed by atoms with Gasteiger partial charge in [0.05, 0.1) is 16.0 Å². The lowest BCUT2D eigenvalue weighted by Crippen LogP contribution is -2.36. The second-order valence-corrected chi connectivity index (χ2v) is 8.58. The second-order valence-electron chi connectivity index (χ2n) is 7.55. The maximum atomic E-state index is 12.8. The number of nitrogens with one attached hydrogen (secondary N) is 1. The Kier molecular flexibility index (Phi) is 5.76. The summed E-state index contributed by atoms with van der Waals surface area (Å²) in [6, 6.07) is 11.3. The van der Waals surface area contributed by atoms with Crippen molar-refractivity contribution in [3.63, 3.8) is 0 Å². The fourth-order valence-corrected chi connectivity index (χ4v) is 3.68. The summed E-state index contributed by atoms with van der Waals surface area (Å²) < 4.78 is 45.0. The van der Waals surface area contributed by atoms with Gasteiger partial charge in [-0.05, 0) is 38.1 Å². The predicted molar refractivity (Wildman–Crippen MR) is 117 cm³/mol. The molecule has 4 aromatic rings. The molecule has 0 fully saturated rings. The van der Waals surface area contributed by atoms with Crippen LogP contribution in [-0.2, 0) is 11.0 Å². The molecule has 2 aromatic carbocycles. The maximum Gasteiger partial charge on any atom is 0.416 e. The van der Waals surface area contributed by atoms with E-state index in [9.17, 15) is 23.1 Å². The average Bonchev–Trinajstić information content (AvgIpc) is 3.16. The van der Waals surface area contributed by atoms with Crippen molar-refractivity contribution in [2.24, 2.45) is 0 Å². The number of para-hydroxylation sites is 1. The summed E-state index contributed by atoms with van der Waals surface area (Å²) in [4.78, 5) is 24.6. The van der Waals surface area contributed by atoms with Crippen LogP contribution in [0.4, 0.5) is 18.3 Å². The van der Waals surface area contributed by atoms with Crippen molar-refractivity contribution < 1.29 is 27.8 Å². The SMILES string of the molecule is CC(C)(O)C(=O)Nc1nc2c(Oc3cc(-c4ccc(C(F)(F)F)cc4)ncn3)cccc2s1. The number of thiazole rings is 1. The smallest absolute Gasteiger partial charge is 0.416 e. The normalized spacial score (nSPS) is 12.1. The Balaban J connectivity index is 1.59. The number of fused-ring (bicyclic) bond motifs is 1. The molecule has 0 saturated carbocycles. The fourth-order valence-electron chi connectivity index (χ4n) is 2.80. The summed E-state index contributed by atoms with van der Waals surface area (Å²) in [5.74, 6) is -0.0620. The highest BCUT2D eigenvalue weighted by molar-refractivity contribution is 7.22. The molecule has 2 aromatic heterocycles. The van der Waals surface area contributed by atoms with Crippen LogP contribution in [-0.4, -0.2) is 31.6 Å². The number of carbonyl (C=O) groups is 1. The predicted octanol–water partition coefficient (Wildman–Crippen LogP) is 5.27. The molecule has 0 radical (unpaired) electrons. The van der Waals surface area contributed by atoms with Crippen molar-refractivity contribution in [2.45, 2.75) is 25.6 Å². The van der Waals surface area contributed by atoms with E-state index >= 15 is 0 Å². The number of benzene rings is 2. The topological polar surface area (TPSA) is 97.2 Å². The molecule has 1 amide bonds. The molecule has 4 rings (SSSR count). The molecule has 2 heterocycles. The van der Waals surface area contributed by atoms with E-state index in [1.165, 1.54) is 49.7 Å². The Hall–Kier alpha value is -3.57. The summed E-state index contributed by atoms with van der Waals surface area (Å²) in [5.41, 5.74) is -0.980. The number of alkyl halides is 3. The zero-order valence-corrected chi connectivity index (χ0v) is 18.2. The maximum absolute atomic E-state index is 12.8. The van der Waals surface area contributed by atoms with Crippen LogP contribution in [0.25, 0.3) is 21.5 Å². The molecule has 0 unspecified atom stereocenters. The van der Waals surface area contributed by atoms with Gasteiger partial charge < -0.3 is 9.84 Å². The first-order valence-electron chi connectivity index (χ1n) is 9.61. The number of hydrogen-bond acceptors (Lipinski definition) is 7. The molecule has 0 aliphatic heterocycles. The van der Waals surface area contributed by atoms with Crippen LogP contribution in [0.3, 0.4) is 0 Å². The molecule has 33 heavy (non-hydrogen) atoms. The van der Waals surface area contributed by atoms with Crippen LogP contribution in [0.1, 0.15) is 19.4 Å². The van der Waals surface area contributed by atoms with Crippen LogP contribution >= 0.6 is 11.3 Å². The minimum atomic E-state index is -4.42. The first-order chi connectivity index (χ1) is 15.5. The van der Waals surface area contributed by atoms with E-state index in [1.54, 1.807) is 18.2 Å². The van der Waals surface area contributed by atoms with Gasteiger partial charge in [-0.25, -0.2) is 15.0 Å². The summed E-state index contributed by atoms with van der Waals surface area (Å²) in [6.45, 7) is 2.74. The molecule has 0 spiro atoms. The first-order valence-corrected chi connectivity index (χ1v) is 10.4. The van der Waals surface area contributed by atoms with Crippen LogP contribution in [0.15, 0.2) is 54.9 Å². The van der Waals surface area contributed by atoms with Crippen LogP contribution in [0, 0.1) is 0 Å². The number of aromatic nitrogens is 3. The van der Waals surface area contributed by atoms with Crippen LogP contribution in [0.2, 0.25) is 0 Å². The van der Waals surface area contributed by atoms with Gasteiger partial charge in [-0.3, -0.25) is 10.1 Å². The van der Waals surface area contributed by atoms with E-state index in [-0.39, 0.29) is 5.88 Å². The van der Waals surface area contributed by atoms with Gasteiger partial charge in [0.2, 0.25) is 5.88 Å². The number of amides is 1. The Bertz CT molecular complexity index is 1320. The highest BCUT2D eigenvalue weighted by atomic mass is 32.1. The van der Waals surface area contributed by atoms with Crippen LogP contribution < -0.4 is 10.1 Å². The molecule has 7 nitrogen and oxygen atoms in total. The van der Waals surface area contributed by atoms with Crippen molar-refractivity contribution in [1.82, 2.24) is 15.0 Å². The van der Waals surface area contributed by atoms with E-state index in [2.05, 4.69) is 20.3 Å². The average molecular weight is 474 g/mol. The second kappa shape index (κ2) is 8.41. The Labute approximate surface area is 189 Å². The monoisotopic (exact) mass is 474 g/mol. The van der Waals surface area contributed by atoms with Crippen molar-refractivity contribution in [2.75, 3.05) is 5.32 Å². The van der Waals surface area contributed by atoms with Gasteiger partial charge in [0, 0.05) is 11.6 Å². The molecule has 0 bridgehead atoms. The molecule has 0 atom stereocenters. The molecular formula is C22H17F3N4O3S. The summed E-state index contributed by atoms with van der Waals surface area (Å²) in [6.07, 6.45) is -3.17. The molecule has 0 aliphatic carbocycles. The molecule has 2 N–H and O–H groups in total. The molecule has 11 heteroatoms. The fraction of sp³-hybridized carbons (Fsp3) is 0.182. The van der Waals surface area contributed by atoms with Crippen molar-refractivity contribution in [3.05, 3.63) is 60.4 Å². The van der Waals surface area contributed by atoms with Gasteiger partial charge in [-0.2, -0.15) is 13.2 Å². The lowest BCUT2D eigenvalue weighted by atomic mass is 10.1. The molecule has 0 aliphatic rings. The lowest BCUT2D eigenvalue weighted by Gasteiger charge is -2.14. The van der Waals surface area contributed by atoms with E-state index in [4.69, 9.17) is 4.74 Å². The molecule has 170 valence electrons. The quantitative estimate of drug-likeness (QED) is 0.409. The van der Waals surface area contributed by atoms with Gasteiger partial charge in [0.15, 0.2) is 10.9 Å². The number of halogens is 3. The van der Waals surface area contributed by atoms with Gasteiger partial charge >= 0.3 is 6.18 Å². The largest absolute Gasteiger partial charge is 0.437 e. The minimum Gasteiger partial charge on any atom is -0.437 e. The summed E-state index contributed by atoms with van der Waals surface area (Å²) >= 11 is 1.21. The van der Waals surface area contributed by atoms with Crippen molar-refractivity contribution in [1.29, 1.82) is 0 Å². The van der Waals surface area contributed by atoms with E-state index in [1.807, 2.05) is 0 Å². The number of anilines is 1. The standard InChI is InChI=1S/C22H17F3N4O3S/c1-21(2,31)19(30)29-20-28-18-15(4-3-5-16(18)33-20)32-17-10-14(26-11-27-17)12-6-8-13(9-7-12)22(23,24)25/h3-11,31H,1-2H3,(H,28,29,30).